The molecule has 5 nitrogen and oxygen atoms in total. The van der Waals surface area contributed by atoms with Crippen molar-refractivity contribution in [2.45, 2.75) is 25.2 Å². The van der Waals surface area contributed by atoms with Crippen molar-refractivity contribution < 1.29 is 17.9 Å². The zero-order chi connectivity index (χ0) is 15.9. The number of para-hydroxylation sites is 1. The first-order valence-electron chi connectivity index (χ1n) is 6.76. The standard InChI is InChI=1S/C14H14F3N3O2/c1-19-13(21)20(8-18-19)7-10-6-9-4-2-3-5-11(9)22-12(10)14(15,16)17/h2-5,8,10,12H,6-7H2,1H3/t10-,12+/m0/s1. The third kappa shape index (κ3) is 2.60. The second-order valence-corrected chi connectivity index (χ2v) is 5.34. The normalized spacial score (nSPS) is 21.3. The molecule has 0 N–H and O–H groups in total. The Bertz CT molecular complexity index is 735. The van der Waals surface area contributed by atoms with Gasteiger partial charge in [0.15, 0.2) is 6.10 Å². The molecule has 2 heterocycles. The lowest BCUT2D eigenvalue weighted by molar-refractivity contribution is -0.214. The fraction of sp³-hybridized carbons (Fsp3) is 0.429. The molecule has 3 rings (SSSR count). The van der Waals surface area contributed by atoms with Crippen molar-refractivity contribution >= 4 is 0 Å². The largest absolute Gasteiger partial charge is 0.480 e. The van der Waals surface area contributed by atoms with Crippen molar-refractivity contribution in [3.05, 3.63) is 46.6 Å². The summed E-state index contributed by atoms with van der Waals surface area (Å²) < 4.78 is 47.2. The molecule has 8 heteroatoms. The molecule has 1 aromatic heterocycles. The summed E-state index contributed by atoms with van der Waals surface area (Å²) in [6.07, 6.45) is -4.99. The summed E-state index contributed by atoms with van der Waals surface area (Å²) in [6.45, 7) is -0.0921. The third-order valence-electron chi connectivity index (χ3n) is 3.78. The number of benzene rings is 1. The molecule has 0 saturated heterocycles. The Morgan fingerprint density at radius 3 is 2.73 bits per heavy atom. The van der Waals surface area contributed by atoms with E-state index in [1.807, 2.05) is 0 Å². The Hall–Kier alpha value is -2.25. The SMILES string of the molecule is Cn1ncn(C[C@@H]2Cc3ccccc3O[C@H]2C(F)(F)F)c1=O. The maximum absolute atomic E-state index is 13.3. The summed E-state index contributed by atoms with van der Waals surface area (Å²) in [4.78, 5) is 11.8. The number of rotatable bonds is 2. The number of ether oxygens (including phenoxy) is 1. The van der Waals surface area contributed by atoms with E-state index in [0.717, 1.165) is 4.68 Å². The van der Waals surface area contributed by atoms with Crippen LogP contribution in [-0.2, 0) is 20.0 Å². The van der Waals surface area contributed by atoms with Crippen molar-refractivity contribution in [3.8, 4) is 5.75 Å². The molecule has 0 bridgehead atoms. The van der Waals surface area contributed by atoms with Gasteiger partial charge >= 0.3 is 11.9 Å². The summed E-state index contributed by atoms with van der Waals surface area (Å²) >= 11 is 0. The van der Waals surface area contributed by atoms with Gasteiger partial charge < -0.3 is 4.74 Å². The van der Waals surface area contributed by atoms with Crippen molar-refractivity contribution in [1.29, 1.82) is 0 Å². The van der Waals surface area contributed by atoms with Gasteiger partial charge in [-0.1, -0.05) is 18.2 Å². The average Bonchev–Trinajstić information content (AvgIpc) is 2.77. The fourth-order valence-electron chi connectivity index (χ4n) is 2.71. The molecular weight excluding hydrogens is 299 g/mol. The summed E-state index contributed by atoms with van der Waals surface area (Å²) in [5.41, 5.74) is 0.268. The molecule has 0 aliphatic carbocycles. The van der Waals surface area contributed by atoms with Gasteiger partial charge in [0.2, 0.25) is 0 Å². The highest BCUT2D eigenvalue weighted by atomic mass is 19.4. The summed E-state index contributed by atoms with van der Waals surface area (Å²) in [5.74, 6) is -0.628. The molecule has 2 atom stereocenters. The Balaban J connectivity index is 1.93. The second kappa shape index (κ2) is 5.19. The molecular formula is C14H14F3N3O2. The number of nitrogens with zero attached hydrogens (tertiary/aromatic N) is 3. The maximum atomic E-state index is 13.3. The number of fused-ring (bicyclic) bond motifs is 1. The van der Waals surface area contributed by atoms with E-state index < -0.39 is 23.9 Å². The zero-order valence-corrected chi connectivity index (χ0v) is 11.7. The predicted molar refractivity (Wildman–Crippen MR) is 71.6 cm³/mol. The molecule has 118 valence electrons. The topological polar surface area (TPSA) is 49.0 Å². The van der Waals surface area contributed by atoms with E-state index in [9.17, 15) is 18.0 Å². The molecule has 1 aromatic carbocycles. The molecule has 0 unspecified atom stereocenters. The van der Waals surface area contributed by atoms with Gasteiger partial charge in [0.1, 0.15) is 12.1 Å². The minimum atomic E-state index is -4.50. The van der Waals surface area contributed by atoms with Crippen LogP contribution in [0.3, 0.4) is 0 Å². The van der Waals surface area contributed by atoms with Gasteiger partial charge in [0.25, 0.3) is 0 Å². The summed E-state index contributed by atoms with van der Waals surface area (Å²) in [7, 11) is 1.45. The van der Waals surface area contributed by atoms with Gasteiger partial charge in [0, 0.05) is 19.5 Å². The van der Waals surface area contributed by atoms with Crippen LogP contribution in [0.2, 0.25) is 0 Å². The monoisotopic (exact) mass is 313 g/mol. The van der Waals surface area contributed by atoms with Crippen LogP contribution in [0.15, 0.2) is 35.4 Å². The van der Waals surface area contributed by atoms with E-state index in [2.05, 4.69) is 5.10 Å². The van der Waals surface area contributed by atoms with Crippen LogP contribution in [0.5, 0.6) is 5.75 Å². The number of hydrogen-bond acceptors (Lipinski definition) is 3. The molecule has 0 saturated carbocycles. The first kappa shape index (κ1) is 14.7. The molecule has 1 aliphatic rings. The Labute approximate surface area is 123 Å². The van der Waals surface area contributed by atoms with Gasteiger partial charge in [-0.05, 0) is 18.1 Å². The minimum Gasteiger partial charge on any atom is -0.480 e. The molecule has 0 radical (unpaired) electrons. The van der Waals surface area contributed by atoms with Gasteiger partial charge in [0.05, 0.1) is 0 Å². The van der Waals surface area contributed by atoms with E-state index in [1.165, 1.54) is 24.0 Å². The van der Waals surface area contributed by atoms with Gasteiger partial charge in [-0.25, -0.2) is 9.48 Å². The highest BCUT2D eigenvalue weighted by Gasteiger charge is 2.49. The number of alkyl halides is 3. The van der Waals surface area contributed by atoms with Crippen LogP contribution >= 0.6 is 0 Å². The van der Waals surface area contributed by atoms with E-state index >= 15 is 0 Å². The molecule has 22 heavy (non-hydrogen) atoms. The average molecular weight is 313 g/mol. The Morgan fingerprint density at radius 1 is 1.36 bits per heavy atom. The number of aryl methyl sites for hydroxylation is 1. The highest BCUT2D eigenvalue weighted by Crippen LogP contribution is 2.38. The highest BCUT2D eigenvalue weighted by molar-refractivity contribution is 5.36. The van der Waals surface area contributed by atoms with Gasteiger partial charge in [-0.2, -0.15) is 18.3 Å². The summed E-state index contributed by atoms with van der Waals surface area (Å²) in [5, 5.41) is 3.76. The zero-order valence-electron chi connectivity index (χ0n) is 11.7. The van der Waals surface area contributed by atoms with Crippen LogP contribution in [0, 0.1) is 5.92 Å². The van der Waals surface area contributed by atoms with Crippen molar-refractivity contribution in [3.63, 3.8) is 0 Å². The first-order valence-corrected chi connectivity index (χ1v) is 6.76. The van der Waals surface area contributed by atoms with Crippen molar-refractivity contribution in [2.24, 2.45) is 13.0 Å². The third-order valence-corrected chi connectivity index (χ3v) is 3.78. The van der Waals surface area contributed by atoms with Gasteiger partial charge in [-0.15, -0.1) is 0 Å². The summed E-state index contributed by atoms with van der Waals surface area (Å²) in [6, 6.07) is 6.66. The number of aromatic nitrogens is 3. The smallest absolute Gasteiger partial charge is 0.425 e. The van der Waals surface area contributed by atoms with E-state index in [0.29, 0.717) is 5.56 Å². The van der Waals surface area contributed by atoms with Crippen molar-refractivity contribution in [1.82, 2.24) is 14.3 Å². The van der Waals surface area contributed by atoms with Gasteiger partial charge in [-0.3, -0.25) is 4.57 Å². The van der Waals surface area contributed by atoms with Crippen LogP contribution in [0.1, 0.15) is 5.56 Å². The molecule has 0 amide bonds. The lowest BCUT2D eigenvalue weighted by atomic mass is 9.90. The minimum absolute atomic E-state index is 0.0921. The number of halogens is 3. The van der Waals surface area contributed by atoms with Crippen LogP contribution in [0.25, 0.3) is 0 Å². The van der Waals surface area contributed by atoms with Crippen LogP contribution in [0.4, 0.5) is 13.2 Å². The maximum Gasteiger partial charge on any atom is 0.425 e. The number of hydrogen-bond donors (Lipinski definition) is 0. The quantitative estimate of drug-likeness (QED) is 0.849. The molecule has 2 aromatic rings. The van der Waals surface area contributed by atoms with E-state index in [1.54, 1.807) is 18.2 Å². The Kier molecular flexibility index (Phi) is 3.46. The molecule has 1 aliphatic heterocycles. The second-order valence-electron chi connectivity index (χ2n) is 5.34. The first-order chi connectivity index (χ1) is 10.4. The van der Waals surface area contributed by atoms with Crippen LogP contribution < -0.4 is 10.4 Å². The Morgan fingerprint density at radius 2 is 2.09 bits per heavy atom. The van der Waals surface area contributed by atoms with Crippen LogP contribution in [-0.4, -0.2) is 26.6 Å². The predicted octanol–water partition coefficient (Wildman–Crippen LogP) is 1.76. The van der Waals surface area contributed by atoms with E-state index in [4.69, 9.17) is 4.74 Å². The lowest BCUT2D eigenvalue weighted by Crippen LogP contribution is -2.46. The van der Waals surface area contributed by atoms with Crippen molar-refractivity contribution in [2.75, 3.05) is 0 Å². The molecule has 0 spiro atoms. The molecule has 0 fully saturated rings. The lowest BCUT2D eigenvalue weighted by Gasteiger charge is -2.34. The van der Waals surface area contributed by atoms with E-state index in [-0.39, 0.29) is 18.7 Å². The fourth-order valence-corrected chi connectivity index (χ4v) is 2.71.